The third-order valence-electron chi connectivity index (χ3n) is 7.14. The molecule has 0 saturated carbocycles. The number of nitrogens with zero attached hydrogens (tertiary/aromatic N) is 5. The van der Waals surface area contributed by atoms with E-state index >= 15 is 0 Å². The second kappa shape index (κ2) is 10.8. The van der Waals surface area contributed by atoms with Gasteiger partial charge in [-0.2, -0.15) is 0 Å². The summed E-state index contributed by atoms with van der Waals surface area (Å²) >= 11 is 6.19. The first-order valence-corrected chi connectivity index (χ1v) is 14.6. The quantitative estimate of drug-likeness (QED) is 0.495. The highest BCUT2D eigenvalue weighted by atomic mass is 35.5. The van der Waals surface area contributed by atoms with Crippen LogP contribution in [0.4, 0.5) is 17.2 Å². The summed E-state index contributed by atoms with van der Waals surface area (Å²) in [5.74, 6) is 0.839. The molecule has 200 valence electrons. The zero-order chi connectivity index (χ0) is 26.9. The summed E-state index contributed by atoms with van der Waals surface area (Å²) in [6.07, 6.45) is 3.48. The lowest BCUT2D eigenvalue weighted by Gasteiger charge is -2.41. The number of aromatic nitrogens is 2. The number of hydrogen-bond acceptors (Lipinski definition) is 7. The molecule has 1 saturated heterocycles. The van der Waals surface area contributed by atoms with Gasteiger partial charge in [-0.3, -0.25) is 9.52 Å². The van der Waals surface area contributed by atoms with E-state index in [1.165, 1.54) is 17.8 Å². The lowest BCUT2D eigenvalue weighted by atomic mass is 10.00. The van der Waals surface area contributed by atoms with Crippen LogP contribution in [-0.2, 0) is 21.2 Å². The number of carbonyl (C=O) groups is 1. The third kappa shape index (κ3) is 5.56. The molecule has 2 aliphatic rings. The summed E-state index contributed by atoms with van der Waals surface area (Å²) in [7, 11) is -3.77. The molecule has 0 bridgehead atoms. The SMILES string of the molecule is Cc1nccc(NS(=O)(=O)c2ccc(N3CCN(C(=O)[C@@H](C)N4CCCc5cc(Cl)ccc54)CC3)cc2)n1. The van der Waals surface area contributed by atoms with Gasteiger partial charge in [0.25, 0.3) is 10.0 Å². The molecule has 1 aromatic heterocycles. The molecule has 1 amide bonds. The van der Waals surface area contributed by atoms with E-state index in [2.05, 4.69) is 24.5 Å². The van der Waals surface area contributed by atoms with Crippen molar-refractivity contribution in [2.75, 3.05) is 47.2 Å². The maximum atomic E-state index is 13.4. The number of fused-ring (bicyclic) bond motifs is 1. The first-order chi connectivity index (χ1) is 18.2. The molecule has 1 N–H and O–H groups in total. The van der Waals surface area contributed by atoms with Gasteiger partial charge in [-0.15, -0.1) is 0 Å². The fraction of sp³-hybridized carbons (Fsp3) is 0.370. The van der Waals surface area contributed by atoms with Crippen molar-refractivity contribution in [3.05, 3.63) is 71.1 Å². The first-order valence-electron chi connectivity index (χ1n) is 12.7. The van der Waals surface area contributed by atoms with Crippen LogP contribution in [0.2, 0.25) is 5.02 Å². The van der Waals surface area contributed by atoms with Crippen LogP contribution in [0.3, 0.4) is 0 Å². The van der Waals surface area contributed by atoms with Gasteiger partial charge < -0.3 is 14.7 Å². The van der Waals surface area contributed by atoms with Crippen LogP contribution in [0.5, 0.6) is 0 Å². The molecular formula is C27H31ClN6O3S. The molecule has 0 radical (unpaired) electrons. The summed E-state index contributed by atoms with van der Waals surface area (Å²) in [4.78, 5) is 27.9. The molecule has 3 heterocycles. The fourth-order valence-corrected chi connectivity index (χ4v) is 6.32. The molecule has 0 aliphatic carbocycles. The van der Waals surface area contributed by atoms with Crippen LogP contribution < -0.4 is 14.5 Å². The lowest BCUT2D eigenvalue weighted by Crippen LogP contribution is -2.55. The zero-order valence-electron chi connectivity index (χ0n) is 21.5. The van der Waals surface area contributed by atoms with Crippen molar-refractivity contribution in [1.82, 2.24) is 14.9 Å². The highest BCUT2D eigenvalue weighted by Crippen LogP contribution is 2.31. The summed E-state index contributed by atoms with van der Waals surface area (Å²) in [6, 6.07) is 14.0. The molecule has 2 aromatic carbocycles. The maximum Gasteiger partial charge on any atom is 0.263 e. The van der Waals surface area contributed by atoms with Crippen molar-refractivity contribution < 1.29 is 13.2 Å². The van der Waals surface area contributed by atoms with Gasteiger partial charge in [0.05, 0.1) is 4.90 Å². The predicted octanol–water partition coefficient (Wildman–Crippen LogP) is 3.73. The highest BCUT2D eigenvalue weighted by molar-refractivity contribution is 7.92. The van der Waals surface area contributed by atoms with Crippen molar-refractivity contribution in [2.45, 2.75) is 37.6 Å². The Morgan fingerprint density at radius 3 is 2.47 bits per heavy atom. The van der Waals surface area contributed by atoms with E-state index in [1.54, 1.807) is 31.2 Å². The molecule has 9 nitrogen and oxygen atoms in total. The molecule has 38 heavy (non-hydrogen) atoms. The van der Waals surface area contributed by atoms with Crippen LogP contribution in [0.25, 0.3) is 0 Å². The second-order valence-electron chi connectivity index (χ2n) is 9.65. The van der Waals surface area contributed by atoms with Gasteiger partial charge >= 0.3 is 0 Å². The number of aryl methyl sites for hydroxylation is 2. The molecule has 0 unspecified atom stereocenters. The Kier molecular flexibility index (Phi) is 7.45. The minimum absolute atomic E-state index is 0.125. The topological polar surface area (TPSA) is 98.7 Å². The van der Waals surface area contributed by atoms with Crippen LogP contribution >= 0.6 is 11.6 Å². The Morgan fingerprint density at radius 1 is 1.03 bits per heavy atom. The van der Waals surface area contributed by atoms with Gasteiger partial charge in [-0.25, -0.2) is 18.4 Å². The molecule has 11 heteroatoms. The zero-order valence-corrected chi connectivity index (χ0v) is 23.0. The van der Waals surface area contributed by atoms with Crippen LogP contribution in [0.1, 0.15) is 24.7 Å². The number of amides is 1. The van der Waals surface area contributed by atoms with E-state index < -0.39 is 10.0 Å². The van der Waals surface area contributed by atoms with E-state index in [0.717, 1.165) is 35.8 Å². The predicted molar refractivity (Wildman–Crippen MR) is 149 cm³/mol. The number of carbonyl (C=O) groups excluding carboxylic acids is 1. The number of rotatable bonds is 6. The summed E-state index contributed by atoms with van der Waals surface area (Å²) < 4.78 is 28.0. The van der Waals surface area contributed by atoms with Gasteiger partial charge in [0.15, 0.2) is 0 Å². The average Bonchev–Trinajstić information content (AvgIpc) is 2.91. The monoisotopic (exact) mass is 554 g/mol. The number of anilines is 3. The van der Waals surface area contributed by atoms with Gasteiger partial charge in [0.2, 0.25) is 5.91 Å². The third-order valence-corrected chi connectivity index (χ3v) is 8.75. The van der Waals surface area contributed by atoms with Gasteiger partial charge in [-0.1, -0.05) is 11.6 Å². The molecule has 1 fully saturated rings. The Labute approximate surface area is 228 Å². The Bertz CT molecular complexity index is 1420. The standard InChI is InChI=1S/C27H31ClN6O3S/c1-19(34-13-3-4-21-18-22(28)5-10-25(21)34)27(35)33-16-14-32(15-17-33)23-6-8-24(9-7-23)38(36,37)31-26-11-12-29-20(2)30-26/h5-12,18-19H,3-4,13-17H2,1-2H3,(H,29,30,31)/t19-/m1/s1. The van der Waals surface area contributed by atoms with Crippen LogP contribution in [-0.4, -0.2) is 68.0 Å². The molecule has 0 spiro atoms. The van der Waals surface area contributed by atoms with Crippen LogP contribution in [0.15, 0.2) is 59.6 Å². The van der Waals surface area contributed by atoms with Crippen molar-refractivity contribution in [2.24, 2.45) is 0 Å². The number of nitrogens with one attached hydrogen (secondary N) is 1. The Morgan fingerprint density at radius 2 is 1.76 bits per heavy atom. The fourth-order valence-electron chi connectivity index (χ4n) is 5.13. The van der Waals surface area contributed by atoms with Gasteiger partial charge in [0, 0.05) is 55.3 Å². The minimum Gasteiger partial charge on any atom is -0.368 e. The van der Waals surface area contributed by atoms with Crippen molar-refractivity contribution in [3.8, 4) is 0 Å². The molecule has 5 rings (SSSR count). The van der Waals surface area contributed by atoms with Crippen molar-refractivity contribution in [1.29, 1.82) is 0 Å². The molecule has 2 aliphatic heterocycles. The van der Waals surface area contributed by atoms with E-state index in [4.69, 9.17) is 11.6 Å². The highest BCUT2D eigenvalue weighted by Gasteiger charge is 2.31. The van der Waals surface area contributed by atoms with E-state index in [-0.39, 0.29) is 22.7 Å². The van der Waals surface area contributed by atoms with E-state index in [1.807, 2.05) is 30.0 Å². The second-order valence-corrected chi connectivity index (χ2v) is 11.8. The largest absolute Gasteiger partial charge is 0.368 e. The van der Waals surface area contributed by atoms with E-state index in [9.17, 15) is 13.2 Å². The number of sulfonamides is 1. The Hall–Kier alpha value is -3.37. The van der Waals surface area contributed by atoms with E-state index in [0.29, 0.717) is 32.0 Å². The molecule has 3 aromatic rings. The molecular weight excluding hydrogens is 524 g/mol. The lowest BCUT2D eigenvalue weighted by molar-refractivity contribution is -0.132. The first kappa shape index (κ1) is 26.2. The van der Waals surface area contributed by atoms with Gasteiger partial charge in [-0.05, 0) is 80.8 Å². The number of halogens is 1. The summed E-state index contributed by atoms with van der Waals surface area (Å²) in [6.45, 7) is 7.10. The van der Waals surface area contributed by atoms with Gasteiger partial charge in [0.1, 0.15) is 17.7 Å². The summed E-state index contributed by atoms with van der Waals surface area (Å²) in [5, 5.41) is 0.725. The number of benzene rings is 2. The van der Waals surface area contributed by atoms with Crippen molar-refractivity contribution in [3.63, 3.8) is 0 Å². The Balaban J connectivity index is 1.19. The number of piperazine rings is 1. The minimum atomic E-state index is -3.77. The smallest absolute Gasteiger partial charge is 0.263 e. The maximum absolute atomic E-state index is 13.4. The van der Waals surface area contributed by atoms with Crippen LogP contribution in [0, 0.1) is 6.92 Å². The summed E-state index contributed by atoms with van der Waals surface area (Å²) in [5.41, 5.74) is 3.21. The molecule has 1 atom stereocenters. The average molecular weight is 555 g/mol. The normalized spacial score (nSPS) is 16.7. The van der Waals surface area contributed by atoms with Crippen molar-refractivity contribution >= 4 is 44.7 Å². The number of hydrogen-bond donors (Lipinski definition) is 1.